The SMILES string of the molecule is Cc1c(-c2cnccc2N)cnn1C. The topological polar surface area (TPSA) is 56.7 Å². The Bertz CT molecular complexity index is 459. The number of hydrogen-bond acceptors (Lipinski definition) is 3. The number of rotatable bonds is 1. The van der Waals surface area contributed by atoms with Gasteiger partial charge in [-0.15, -0.1) is 0 Å². The fourth-order valence-corrected chi connectivity index (χ4v) is 1.39. The third-order valence-electron chi connectivity index (χ3n) is 2.38. The highest BCUT2D eigenvalue weighted by Crippen LogP contribution is 2.26. The van der Waals surface area contributed by atoms with E-state index >= 15 is 0 Å². The lowest BCUT2D eigenvalue weighted by molar-refractivity contribution is 0.740. The van der Waals surface area contributed by atoms with E-state index in [1.807, 2.05) is 24.9 Å². The first kappa shape index (κ1) is 8.74. The van der Waals surface area contributed by atoms with E-state index in [0.29, 0.717) is 0 Å². The van der Waals surface area contributed by atoms with Crippen molar-refractivity contribution in [2.45, 2.75) is 6.92 Å². The van der Waals surface area contributed by atoms with Crippen LogP contribution in [0.15, 0.2) is 24.7 Å². The summed E-state index contributed by atoms with van der Waals surface area (Å²) in [6.07, 6.45) is 5.26. The second-order valence-electron chi connectivity index (χ2n) is 3.23. The third kappa shape index (κ3) is 1.25. The van der Waals surface area contributed by atoms with Crippen molar-refractivity contribution >= 4 is 5.69 Å². The zero-order chi connectivity index (χ0) is 10.1. The zero-order valence-corrected chi connectivity index (χ0v) is 8.23. The van der Waals surface area contributed by atoms with Crippen LogP contribution in [0.2, 0.25) is 0 Å². The molecule has 0 aromatic carbocycles. The maximum atomic E-state index is 5.85. The Hall–Kier alpha value is -1.84. The van der Waals surface area contributed by atoms with Crippen molar-refractivity contribution in [2.75, 3.05) is 5.73 Å². The van der Waals surface area contributed by atoms with Gasteiger partial charge in [-0.1, -0.05) is 0 Å². The molecule has 0 aliphatic rings. The molecule has 0 fully saturated rings. The molecule has 2 N–H and O–H groups in total. The minimum atomic E-state index is 0.733. The Labute approximate surface area is 82.4 Å². The standard InChI is InChI=1S/C10H12N4/c1-7-8(6-13-14(7)2)9-5-12-4-3-10(9)11/h3-6H,1-2H3,(H2,11,12). The van der Waals surface area contributed by atoms with Gasteiger partial charge in [-0.3, -0.25) is 9.67 Å². The molecule has 0 bridgehead atoms. The Morgan fingerprint density at radius 1 is 1.29 bits per heavy atom. The van der Waals surface area contributed by atoms with Crippen molar-refractivity contribution in [3.63, 3.8) is 0 Å². The maximum Gasteiger partial charge on any atom is 0.0572 e. The Morgan fingerprint density at radius 3 is 2.64 bits per heavy atom. The average molecular weight is 188 g/mol. The predicted molar refractivity (Wildman–Crippen MR) is 55.6 cm³/mol. The minimum absolute atomic E-state index is 0.733. The van der Waals surface area contributed by atoms with Gasteiger partial charge in [0.05, 0.1) is 6.20 Å². The highest BCUT2D eigenvalue weighted by Gasteiger charge is 2.08. The first-order valence-corrected chi connectivity index (χ1v) is 4.38. The first-order valence-electron chi connectivity index (χ1n) is 4.38. The fraction of sp³-hybridized carbons (Fsp3) is 0.200. The van der Waals surface area contributed by atoms with E-state index in [4.69, 9.17) is 5.73 Å². The van der Waals surface area contributed by atoms with Crippen LogP contribution in [0, 0.1) is 6.92 Å². The minimum Gasteiger partial charge on any atom is -0.398 e. The second-order valence-corrected chi connectivity index (χ2v) is 3.23. The predicted octanol–water partition coefficient (Wildman–Crippen LogP) is 1.37. The van der Waals surface area contributed by atoms with Crippen LogP contribution in [-0.2, 0) is 7.05 Å². The number of pyridine rings is 1. The van der Waals surface area contributed by atoms with Crippen molar-refractivity contribution in [3.05, 3.63) is 30.4 Å². The lowest BCUT2D eigenvalue weighted by atomic mass is 10.1. The van der Waals surface area contributed by atoms with Gasteiger partial charge >= 0.3 is 0 Å². The van der Waals surface area contributed by atoms with Crippen molar-refractivity contribution < 1.29 is 0 Å². The van der Waals surface area contributed by atoms with Crippen LogP contribution in [0.3, 0.4) is 0 Å². The van der Waals surface area contributed by atoms with Crippen molar-refractivity contribution in [3.8, 4) is 11.1 Å². The molecule has 2 aromatic rings. The van der Waals surface area contributed by atoms with Gasteiger partial charge in [0, 0.05) is 41.9 Å². The number of nitrogen functional groups attached to an aromatic ring is 1. The highest BCUT2D eigenvalue weighted by atomic mass is 15.3. The summed E-state index contributed by atoms with van der Waals surface area (Å²) in [5, 5.41) is 4.17. The van der Waals surface area contributed by atoms with Gasteiger partial charge in [0.2, 0.25) is 0 Å². The van der Waals surface area contributed by atoms with Gasteiger partial charge in [-0.05, 0) is 13.0 Å². The van der Waals surface area contributed by atoms with Crippen LogP contribution in [0.1, 0.15) is 5.69 Å². The third-order valence-corrected chi connectivity index (χ3v) is 2.38. The average Bonchev–Trinajstić information content (AvgIpc) is 2.49. The lowest BCUT2D eigenvalue weighted by Crippen LogP contribution is -1.94. The van der Waals surface area contributed by atoms with Gasteiger partial charge in [0.1, 0.15) is 0 Å². The Balaban J connectivity index is 2.60. The molecule has 0 atom stereocenters. The molecule has 0 amide bonds. The summed E-state index contributed by atoms with van der Waals surface area (Å²) in [5.74, 6) is 0. The molecule has 14 heavy (non-hydrogen) atoms. The molecule has 0 saturated heterocycles. The number of hydrogen-bond donors (Lipinski definition) is 1. The largest absolute Gasteiger partial charge is 0.398 e. The van der Waals surface area contributed by atoms with Gasteiger partial charge in [0.15, 0.2) is 0 Å². The van der Waals surface area contributed by atoms with Gasteiger partial charge in [-0.2, -0.15) is 5.10 Å². The molecule has 0 aliphatic carbocycles. The van der Waals surface area contributed by atoms with E-state index in [2.05, 4.69) is 10.1 Å². The smallest absolute Gasteiger partial charge is 0.0572 e. The number of nitrogens with two attached hydrogens (primary N) is 1. The molecule has 2 heterocycles. The highest BCUT2D eigenvalue weighted by molar-refractivity contribution is 5.76. The molecular weight excluding hydrogens is 176 g/mol. The summed E-state index contributed by atoms with van der Waals surface area (Å²) in [6.45, 7) is 2.01. The Kier molecular flexibility index (Phi) is 1.96. The second kappa shape index (κ2) is 3.14. The van der Waals surface area contributed by atoms with Crippen LogP contribution in [0.25, 0.3) is 11.1 Å². The molecular formula is C10H12N4. The molecule has 0 unspecified atom stereocenters. The van der Waals surface area contributed by atoms with Crippen molar-refractivity contribution in [2.24, 2.45) is 7.05 Å². The summed E-state index contributed by atoms with van der Waals surface area (Å²) in [6, 6.07) is 1.79. The quantitative estimate of drug-likeness (QED) is 0.735. The number of nitrogens with zero attached hydrogens (tertiary/aromatic N) is 3. The van der Waals surface area contributed by atoms with E-state index < -0.39 is 0 Å². The molecule has 72 valence electrons. The summed E-state index contributed by atoms with van der Waals surface area (Å²) in [4.78, 5) is 4.06. The number of aryl methyl sites for hydroxylation is 1. The van der Waals surface area contributed by atoms with Gasteiger partial charge < -0.3 is 5.73 Å². The van der Waals surface area contributed by atoms with Crippen LogP contribution in [-0.4, -0.2) is 14.8 Å². The first-order chi connectivity index (χ1) is 6.70. The fourth-order valence-electron chi connectivity index (χ4n) is 1.39. The molecule has 0 spiro atoms. The van der Waals surface area contributed by atoms with E-state index in [1.165, 1.54) is 0 Å². The zero-order valence-electron chi connectivity index (χ0n) is 8.23. The van der Waals surface area contributed by atoms with Gasteiger partial charge in [0.25, 0.3) is 0 Å². The summed E-state index contributed by atoms with van der Waals surface area (Å²) >= 11 is 0. The molecule has 0 aliphatic heterocycles. The summed E-state index contributed by atoms with van der Waals surface area (Å²) in [5.41, 5.74) is 9.66. The maximum absolute atomic E-state index is 5.85. The Morgan fingerprint density at radius 2 is 2.07 bits per heavy atom. The van der Waals surface area contributed by atoms with Crippen LogP contribution >= 0.6 is 0 Å². The number of aromatic nitrogens is 3. The number of anilines is 1. The summed E-state index contributed by atoms with van der Waals surface area (Å²) < 4.78 is 1.82. The van der Waals surface area contributed by atoms with E-state index in [-0.39, 0.29) is 0 Å². The van der Waals surface area contributed by atoms with E-state index in [1.54, 1.807) is 18.5 Å². The molecule has 0 saturated carbocycles. The molecule has 4 nitrogen and oxygen atoms in total. The molecule has 0 radical (unpaired) electrons. The van der Waals surface area contributed by atoms with Crippen LogP contribution < -0.4 is 5.73 Å². The van der Waals surface area contributed by atoms with Gasteiger partial charge in [-0.25, -0.2) is 0 Å². The van der Waals surface area contributed by atoms with E-state index in [9.17, 15) is 0 Å². The van der Waals surface area contributed by atoms with Crippen LogP contribution in [0.5, 0.6) is 0 Å². The van der Waals surface area contributed by atoms with E-state index in [0.717, 1.165) is 22.5 Å². The molecule has 2 rings (SSSR count). The lowest BCUT2D eigenvalue weighted by Gasteiger charge is -2.03. The molecule has 4 heteroatoms. The van der Waals surface area contributed by atoms with Crippen LogP contribution in [0.4, 0.5) is 5.69 Å². The van der Waals surface area contributed by atoms with Crippen molar-refractivity contribution in [1.29, 1.82) is 0 Å². The normalized spacial score (nSPS) is 10.4. The summed E-state index contributed by atoms with van der Waals surface area (Å²) in [7, 11) is 1.91. The molecule has 2 aromatic heterocycles. The van der Waals surface area contributed by atoms with Crippen molar-refractivity contribution in [1.82, 2.24) is 14.8 Å². The monoisotopic (exact) mass is 188 g/mol.